The Kier molecular flexibility index (Phi) is 3.41. The summed E-state index contributed by atoms with van der Waals surface area (Å²) >= 11 is 0. The number of benzene rings is 1. The molecule has 1 amide bonds. The number of nitrogens with one attached hydrogen (secondary N) is 1. The van der Waals surface area contributed by atoms with Crippen molar-refractivity contribution in [1.82, 2.24) is 9.78 Å². The SMILES string of the molecule is CC[C@@H]1CC(=O)Nc2c1c(C)nn2-c1ccc(OC)cc1. The number of hydrogen-bond donors (Lipinski definition) is 1. The number of methoxy groups -OCH3 is 1. The van der Waals surface area contributed by atoms with Gasteiger partial charge in [0, 0.05) is 12.0 Å². The maximum atomic E-state index is 11.9. The van der Waals surface area contributed by atoms with E-state index in [2.05, 4.69) is 17.3 Å². The van der Waals surface area contributed by atoms with E-state index in [1.807, 2.05) is 35.9 Å². The Morgan fingerprint density at radius 1 is 1.38 bits per heavy atom. The molecule has 1 aliphatic heterocycles. The molecule has 1 N–H and O–H groups in total. The molecule has 2 aromatic rings. The predicted octanol–water partition coefficient (Wildman–Crippen LogP) is 3.03. The van der Waals surface area contributed by atoms with Gasteiger partial charge in [0.05, 0.1) is 18.5 Å². The Labute approximate surface area is 123 Å². The summed E-state index contributed by atoms with van der Waals surface area (Å²) in [6.45, 7) is 4.11. The van der Waals surface area contributed by atoms with E-state index in [9.17, 15) is 4.79 Å². The van der Waals surface area contributed by atoms with Gasteiger partial charge in [0.15, 0.2) is 0 Å². The standard InChI is InChI=1S/C16H19N3O2/c1-4-11-9-14(20)17-16-15(11)10(2)18-19(16)12-5-7-13(21-3)8-6-12/h5-8,11H,4,9H2,1-3H3,(H,17,20)/t11-/m1/s1. The third-order valence-corrected chi connectivity index (χ3v) is 4.01. The number of anilines is 1. The van der Waals surface area contributed by atoms with Crippen LogP contribution in [0, 0.1) is 6.92 Å². The summed E-state index contributed by atoms with van der Waals surface area (Å²) in [5.74, 6) is 1.91. The van der Waals surface area contributed by atoms with Crippen molar-refractivity contribution in [2.24, 2.45) is 0 Å². The number of fused-ring (bicyclic) bond motifs is 1. The molecule has 2 heterocycles. The molecule has 0 unspecified atom stereocenters. The second-order valence-electron chi connectivity index (χ2n) is 5.31. The Hall–Kier alpha value is -2.30. The summed E-state index contributed by atoms with van der Waals surface area (Å²) in [6, 6.07) is 7.65. The monoisotopic (exact) mass is 285 g/mol. The van der Waals surface area contributed by atoms with Crippen LogP contribution in [0.1, 0.15) is 36.9 Å². The van der Waals surface area contributed by atoms with Crippen LogP contribution in [0.15, 0.2) is 24.3 Å². The van der Waals surface area contributed by atoms with Crippen molar-refractivity contribution in [3.8, 4) is 11.4 Å². The molecule has 0 fully saturated rings. The van der Waals surface area contributed by atoms with Crippen LogP contribution in [0.25, 0.3) is 5.69 Å². The van der Waals surface area contributed by atoms with Crippen LogP contribution < -0.4 is 10.1 Å². The summed E-state index contributed by atoms with van der Waals surface area (Å²) in [5, 5.41) is 7.58. The molecule has 0 bridgehead atoms. The van der Waals surface area contributed by atoms with Gasteiger partial charge < -0.3 is 10.1 Å². The fourth-order valence-electron chi connectivity index (χ4n) is 2.92. The predicted molar refractivity (Wildman–Crippen MR) is 81.1 cm³/mol. The Balaban J connectivity index is 2.09. The molecule has 1 aromatic carbocycles. The molecular formula is C16H19N3O2. The maximum Gasteiger partial charge on any atom is 0.226 e. The van der Waals surface area contributed by atoms with Gasteiger partial charge in [-0.3, -0.25) is 4.79 Å². The van der Waals surface area contributed by atoms with Crippen LogP contribution >= 0.6 is 0 Å². The lowest BCUT2D eigenvalue weighted by atomic mass is 9.90. The highest BCUT2D eigenvalue weighted by atomic mass is 16.5. The van der Waals surface area contributed by atoms with Gasteiger partial charge in [-0.25, -0.2) is 4.68 Å². The van der Waals surface area contributed by atoms with Crippen molar-refractivity contribution < 1.29 is 9.53 Å². The molecule has 0 aliphatic carbocycles. The minimum Gasteiger partial charge on any atom is -0.497 e. The topological polar surface area (TPSA) is 56.2 Å². The molecule has 5 heteroatoms. The van der Waals surface area contributed by atoms with E-state index in [0.29, 0.717) is 6.42 Å². The highest BCUT2D eigenvalue weighted by Gasteiger charge is 2.30. The van der Waals surface area contributed by atoms with E-state index in [-0.39, 0.29) is 11.8 Å². The summed E-state index contributed by atoms with van der Waals surface area (Å²) in [7, 11) is 1.64. The fourth-order valence-corrected chi connectivity index (χ4v) is 2.92. The number of ether oxygens (including phenoxy) is 1. The molecule has 0 saturated carbocycles. The zero-order chi connectivity index (χ0) is 15.0. The van der Waals surface area contributed by atoms with Gasteiger partial charge in [0.1, 0.15) is 11.6 Å². The highest BCUT2D eigenvalue weighted by molar-refractivity contribution is 5.94. The van der Waals surface area contributed by atoms with Crippen LogP contribution in [0.4, 0.5) is 5.82 Å². The largest absolute Gasteiger partial charge is 0.497 e. The molecule has 3 rings (SSSR count). The van der Waals surface area contributed by atoms with E-state index in [0.717, 1.165) is 34.9 Å². The fraction of sp³-hybridized carbons (Fsp3) is 0.375. The molecule has 0 spiro atoms. The molecule has 1 aromatic heterocycles. The number of aryl methyl sites for hydroxylation is 1. The van der Waals surface area contributed by atoms with Crippen molar-refractivity contribution in [2.75, 3.05) is 12.4 Å². The van der Waals surface area contributed by atoms with Gasteiger partial charge in [-0.2, -0.15) is 5.10 Å². The lowest BCUT2D eigenvalue weighted by Gasteiger charge is -2.22. The molecule has 0 saturated heterocycles. The van der Waals surface area contributed by atoms with E-state index < -0.39 is 0 Å². The number of carbonyl (C=O) groups excluding carboxylic acids is 1. The van der Waals surface area contributed by atoms with Crippen molar-refractivity contribution in [1.29, 1.82) is 0 Å². The Morgan fingerprint density at radius 2 is 2.10 bits per heavy atom. The number of hydrogen-bond acceptors (Lipinski definition) is 3. The number of amides is 1. The minimum atomic E-state index is 0.0593. The molecule has 1 atom stereocenters. The number of rotatable bonds is 3. The smallest absolute Gasteiger partial charge is 0.226 e. The van der Waals surface area contributed by atoms with Crippen LogP contribution in [0.2, 0.25) is 0 Å². The Bertz CT molecular complexity index is 674. The zero-order valence-electron chi connectivity index (χ0n) is 12.5. The highest BCUT2D eigenvalue weighted by Crippen LogP contribution is 2.37. The summed E-state index contributed by atoms with van der Waals surface area (Å²) in [5.41, 5.74) is 3.05. The van der Waals surface area contributed by atoms with Gasteiger partial charge in [0.25, 0.3) is 0 Å². The molecule has 0 radical (unpaired) electrons. The molecule has 110 valence electrons. The third kappa shape index (κ3) is 2.28. The van der Waals surface area contributed by atoms with Gasteiger partial charge in [-0.15, -0.1) is 0 Å². The van der Waals surface area contributed by atoms with E-state index in [1.54, 1.807) is 7.11 Å². The van der Waals surface area contributed by atoms with Crippen LogP contribution in [-0.2, 0) is 4.79 Å². The van der Waals surface area contributed by atoms with Crippen LogP contribution in [0.5, 0.6) is 5.75 Å². The first kappa shape index (κ1) is 13.7. The van der Waals surface area contributed by atoms with E-state index >= 15 is 0 Å². The maximum absolute atomic E-state index is 11.9. The zero-order valence-corrected chi connectivity index (χ0v) is 12.5. The second kappa shape index (κ2) is 5.24. The van der Waals surface area contributed by atoms with E-state index in [4.69, 9.17) is 4.74 Å². The lowest BCUT2D eigenvalue weighted by Crippen LogP contribution is -2.24. The third-order valence-electron chi connectivity index (χ3n) is 4.01. The van der Waals surface area contributed by atoms with E-state index in [1.165, 1.54) is 0 Å². The number of aromatic nitrogens is 2. The van der Waals surface area contributed by atoms with Gasteiger partial charge in [0.2, 0.25) is 5.91 Å². The first-order valence-electron chi connectivity index (χ1n) is 7.17. The van der Waals surface area contributed by atoms with Crippen molar-refractivity contribution in [2.45, 2.75) is 32.6 Å². The molecular weight excluding hydrogens is 266 g/mol. The first-order valence-corrected chi connectivity index (χ1v) is 7.17. The van der Waals surface area contributed by atoms with Crippen molar-refractivity contribution in [3.63, 3.8) is 0 Å². The average Bonchev–Trinajstić information content (AvgIpc) is 2.83. The normalized spacial score (nSPS) is 17.3. The lowest BCUT2D eigenvalue weighted by molar-refractivity contribution is -0.116. The summed E-state index contributed by atoms with van der Waals surface area (Å²) in [4.78, 5) is 11.9. The van der Waals surface area contributed by atoms with Gasteiger partial charge in [-0.1, -0.05) is 6.92 Å². The quantitative estimate of drug-likeness (QED) is 0.943. The van der Waals surface area contributed by atoms with Crippen LogP contribution in [-0.4, -0.2) is 22.8 Å². The number of carbonyl (C=O) groups is 1. The summed E-state index contributed by atoms with van der Waals surface area (Å²) < 4.78 is 6.98. The minimum absolute atomic E-state index is 0.0593. The second-order valence-corrected chi connectivity index (χ2v) is 5.31. The molecule has 21 heavy (non-hydrogen) atoms. The van der Waals surface area contributed by atoms with Gasteiger partial charge in [-0.05, 0) is 43.5 Å². The number of nitrogens with zero attached hydrogens (tertiary/aromatic N) is 2. The van der Waals surface area contributed by atoms with Crippen molar-refractivity contribution >= 4 is 11.7 Å². The van der Waals surface area contributed by atoms with Gasteiger partial charge >= 0.3 is 0 Å². The molecule has 1 aliphatic rings. The van der Waals surface area contributed by atoms with Crippen LogP contribution in [0.3, 0.4) is 0 Å². The summed E-state index contributed by atoms with van der Waals surface area (Å²) in [6.07, 6.45) is 1.48. The first-order chi connectivity index (χ1) is 10.1. The molecule has 5 nitrogen and oxygen atoms in total. The Morgan fingerprint density at radius 3 is 2.71 bits per heavy atom. The van der Waals surface area contributed by atoms with Crippen molar-refractivity contribution in [3.05, 3.63) is 35.5 Å². The average molecular weight is 285 g/mol.